The molecule has 0 fully saturated rings. The molecule has 0 saturated heterocycles. The fourth-order valence-corrected chi connectivity index (χ4v) is 2.08. The summed E-state index contributed by atoms with van der Waals surface area (Å²) in [6, 6.07) is 4.19. The van der Waals surface area contributed by atoms with Crippen molar-refractivity contribution >= 4 is 11.6 Å². The third-order valence-corrected chi connectivity index (χ3v) is 3.30. The SMILES string of the molecule is COc1cc(C)cc(C)c1C(Cl)C(C)C. The normalized spacial score (nSPS) is 13.0. The van der Waals surface area contributed by atoms with Crippen molar-refractivity contribution in [2.75, 3.05) is 7.11 Å². The maximum absolute atomic E-state index is 6.40. The molecule has 1 aromatic carbocycles. The zero-order chi connectivity index (χ0) is 11.6. The Labute approximate surface area is 97.4 Å². The van der Waals surface area contributed by atoms with E-state index in [4.69, 9.17) is 16.3 Å². The van der Waals surface area contributed by atoms with Crippen LogP contribution in [-0.4, -0.2) is 7.11 Å². The Balaban J connectivity index is 3.26. The molecule has 0 radical (unpaired) electrons. The van der Waals surface area contributed by atoms with Crippen molar-refractivity contribution in [3.8, 4) is 5.75 Å². The molecule has 0 aromatic heterocycles. The molecule has 0 saturated carbocycles. The van der Waals surface area contributed by atoms with Crippen LogP contribution in [0.3, 0.4) is 0 Å². The van der Waals surface area contributed by atoms with Gasteiger partial charge in [-0.25, -0.2) is 0 Å². The Morgan fingerprint density at radius 3 is 2.27 bits per heavy atom. The Bertz CT molecular complexity index is 345. The first-order chi connectivity index (χ1) is 6.97. The Morgan fingerprint density at radius 1 is 1.20 bits per heavy atom. The number of aryl methyl sites for hydroxylation is 2. The van der Waals surface area contributed by atoms with Gasteiger partial charge in [0.2, 0.25) is 0 Å². The molecule has 0 heterocycles. The van der Waals surface area contributed by atoms with Crippen molar-refractivity contribution in [3.05, 3.63) is 28.8 Å². The molecule has 0 spiro atoms. The summed E-state index contributed by atoms with van der Waals surface area (Å²) < 4.78 is 5.39. The van der Waals surface area contributed by atoms with E-state index in [0.29, 0.717) is 5.92 Å². The molecule has 0 aliphatic heterocycles. The van der Waals surface area contributed by atoms with E-state index < -0.39 is 0 Å². The van der Waals surface area contributed by atoms with Gasteiger partial charge in [0.05, 0.1) is 12.5 Å². The first-order valence-electron chi connectivity index (χ1n) is 5.26. The molecule has 15 heavy (non-hydrogen) atoms. The summed E-state index contributed by atoms with van der Waals surface area (Å²) in [4.78, 5) is 0. The van der Waals surface area contributed by atoms with Crippen molar-refractivity contribution in [3.63, 3.8) is 0 Å². The van der Waals surface area contributed by atoms with E-state index in [-0.39, 0.29) is 5.38 Å². The molecular formula is C13H19ClO. The smallest absolute Gasteiger partial charge is 0.124 e. The Kier molecular flexibility index (Phi) is 4.04. The van der Waals surface area contributed by atoms with E-state index in [2.05, 4.69) is 33.8 Å². The van der Waals surface area contributed by atoms with Crippen LogP contribution in [-0.2, 0) is 0 Å². The number of rotatable bonds is 3. The molecular weight excluding hydrogens is 208 g/mol. The fourth-order valence-electron chi connectivity index (χ4n) is 1.80. The van der Waals surface area contributed by atoms with E-state index >= 15 is 0 Å². The molecule has 0 bridgehead atoms. The average molecular weight is 227 g/mol. The van der Waals surface area contributed by atoms with Gasteiger partial charge < -0.3 is 4.74 Å². The van der Waals surface area contributed by atoms with Crippen molar-refractivity contribution in [1.82, 2.24) is 0 Å². The predicted octanol–water partition coefficient (Wildman–Crippen LogP) is 4.25. The lowest BCUT2D eigenvalue weighted by molar-refractivity contribution is 0.404. The van der Waals surface area contributed by atoms with Gasteiger partial charge in [-0.3, -0.25) is 0 Å². The Hall–Kier alpha value is -0.690. The molecule has 1 nitrogen and oxygen atoms in total. The molecule has 1 unspecified atom stereocenters. The van der Waals surface area contributed by atoms with Crippen LogP contribution in [0, 0.1) is 19.8 Å². The van der Waals surface area contributed by atoms with Crippen LogP contribution in [0.25, 0.3) is 0 Å². The molecule has 2 heteroatoms. The summed E-state index contributed by atoms with van der Waals surface area (Å²) in [5.74, 6) is 1.31. The van der Waals surface area contributed by atoms with Gasteiger partial charge in [0.25, 0.3) is 0 Å². The number of alkyl halides is 1. The van der Waals surface area contributed by atoms with E-state index in [0.717, 1.165) is 11.3 Å². The minimum atomic E-state index is 0.0144. The number of halogens is 1. The lowest BCUT2D eigenvalue weighted by atomic mass is 9.95. The zero-order valence-corrected chi connectivity index (χ0v) is 10.9. The van der Waals surface area contributed by atoms with Crippen LogP contribution >= 0.6 is 11.6 Å². The highest BCUT2D eigenvalue weighted by Crippen LogP contribution is 2.37. The highest BCUT2D eigenvalue weighted by Gasteiger charge is 2.19. The van der Waals surface area contributed by atoms with Crippen molar-refractivity contribution in [2.24, 2.45) is 5.92 Å². The van der Waals surface area contributed by atoms with E-state index in [1.165, 1.54) is 11.1 Å². The molecule has 84 valence electrons. The van der Waals surface area contributed by atoms with Crippen LogP contribution in [0.5, 0.6) is 5.75 Å². The van der Waals surface area contributed by atoms with Crippen molar-refractivity contribution in [2.45, 2.75) is 33.1 Å². The quantitative estimate of drug-likeness (QED) is 0.701. The van der Waals surface area contributed by atoms with Crippen LogP contribution in [0.2, 0.25) is 0 Å². The molecule has 1 aromatic rings. The first-order valence-corrected chi connectivity index (χ1v) is 5.70. The second kappa shape index (κ2) is 4.89. The van der Waals surface area contributed by atoms with Crippen LogP contribution in [0.1, 0.15) is 35.9 Å². The summed E-state index contributed by atoms with van der Waals surface area (Å²) in [7, 11) is 1.70. The number of ether oxygens (including phenoxy) is 1. The number of hydrogen-bond acceptors (Lipinski definition) is 1. The number of hydrogen-bond donors (Lipinski definition) is 0. The van der Waals surface area contributed by atoms with Gasteiger partial charge in [-0.1, -0.05) is 19.9 Å². The van der Waals surface area contributed by atoms with E-state index in [1.54, 1.807) is 7.11 Å². The van der Waals surface area contributed by atoms with E-state index in [1.807, 2.05) is 6.07 Å². The highest BCUT2D eigenvalue weighted by atomic mass is 35.5. The second-order valence-corrected chi connectivity index (χ2v) is 4.81. The topological polar surface area (TPSA) is 9.23 Å². The highest BCUT2D eigenvalue weighted by molar-refractivity contribution is 6.21. The van der Waals surface area contributed by atoms with Gasteiger partial charge in [-0.05, 0) is 37.0 Å². The third-order valence-electron chi connectivity index (χ3n) is 2.57. The summed E-state index contributed by atoms with van der Waals surface area (Å²) in [5.41, 5.74) is 3.54. The lowest BCUT2D eigenvalue weighted by Crippen LogP contribution is -2.04. The van der Waals surface area contributed by atoms with Gasteiger partial charge in [0.15, 0.2) is 0 Å². The molecule has 1 rings (SSSR count). The van der Waals surface area contributed by atoms with Crippen LogP contribution < -0.4 is 4.74 Å². The van der Waals surface area contributed by atoms with Gasteiger partial charge in [0.1, 0.15) is 5.75 Å². The van der Waals surface area contributed by atoms with Gasteiger partial charge in [-0.15, -0.1) is 11.6 Å². The summed E-state index contributed by atoms with van der Waals surface area (Å²) in [6.45, 7) is 8.40. The maximum Gasteiger partial charge on any atom is 0.124 e. The molecule has 0 N–H and O–H groups in total. The Morgan fingerprint density at radius 2 is 1.80 bits per heavy atom. The van der Waals surface area contributed by atoms with Gasteiger partial charge in [0, 0.05) is 5.56 Å². The second-order valence-electron chi connectivity index (χ2n) is 4.34. The molecule has 0 amide bonds. The average Bonchev–Trinajstić information content (AvgIpc) is 2.15. The fraction of sp³-hybridized carbons (Fsp3) is 0.538. The first kappa shape index (κ1) is 12.4. The van der Waals surface area contributed by atoms with Crippen LogP contribution in [0.15, 0.2) is 12.1 Å². The lowest BCUT2D eigenvalue weighted by Gasteiger charge is -2.20. The minimum Gasteiger partial charge on any atom is -0.496 e. The maximum atomic E-state index is 6.40. The standard InChI is InChI=1S/C13H19ClO/c1-8(2)13(14)12-10(4)6-9(3)7-11(12)15-5/h6-8,13H,1-5H3. The molecule has 0 aliphatic carbocycles. The minimum absolute atomic E-state index is 0.0144. The number of methoxy groups -OCH3 is 1. The zero-order valence-electron chi connectivity index (χ0n) is 10.1. The summed E-state index contributed by atoms with van der Waals surface area (Å²) in [5, 5.41) is 0.0144. The van der Waals surface area contributed by atoms with Crippen LogP contribution in [0.4, 0.5) is 0 Å². The van der Waals surface area contributed by atoms with Crippen molar-refractivity contribution < 1.29 is 4.74 Å². The summed E-state index contributed by atoms with van der Waals surface area (Å²) in [6.07, 6.45) is 0. The third kappa shape index (κ3) is 2.66. The van der Waals surface area contributed by atoms with Gasteiger partial charge in [-0.2, -0.15) is 0 Å². The number of benzene rings is 1. The summed E-state index contributed by atoms with van der Waals surface area (Å²) >= 11 is 6.40. The largest absolute Gasteiger partial charge is 0.496 e. The molecule has 0 aliphatic rings. The monoisotopic (exact) mass is 226 g/mol. The predicted molar refractivity (Wildman–Crippen MR) is 65.9 cm³/mol. The van der Waals surface area contributed by atoms with Crippen molar-refractivity contribution in [1.29, 1.82) is 0 Å². The molecule has 1 atom stereocenters. The van der Waals surface area contributed by atoms with Gasteiger partial charge >= 0.3 is 0 Å². The van der Waals surface area contributed by atoms with E-state index in [9.17, 15) is 0 Å².